The second-order valence-corrected chi connectivity index (χ2v) is 6.25. The Labute approximate surface area is 133 Å². The highest BCUT2D eigenvalue weighted by atomic mass is 32.1. The molecule has 1 aromatic heterocycles. The van der Waals surface area contributed by atoms with Gasteiger partial charge >= 0.3 is 0 Å². The highest BCUT2D eigenvalue weighted by molar-refractivity contribution is 7.14. The summed E-state index contributed by atoms with van der Waals surface area (Å²) in [5, 5.41) is 10.1. The Morgan fingerprint density at radius 1 is 1.41 bits per heavy atom. The van der Waals surface area contributed by atoms with E-state index < -0.39 is 0 Å². The third kappa shape index (κ3) is 3.63. The minimum Gasteiger partial charge on any atom is -0.491 e. The number of thiazole rings is 1. The molecule has 1 atom stereocenters. The summed E-state index contributed by atoms with van der Waals surface area (Å²) < 4.78 is 16.7. The van der Waals surface area contributed by atoms with E-state index in [0.717, 1.165) is 15.4 Å². The van der Waals surface area contributed by atoms with Crippen LogP contribution in [0.2, 0.25) is 0 Å². The fourth-order valence-electron chi connectivity index (χ4n) is 2.18. The highest BCUT2D eigenvalue weighted by Gasteiger charge is 2.15. The first-order valence-electron chi connectivity index (χ1n) is 7.05. The van der Waals surface area contributed by atoms with Crippen molar-refractivity contribution < 1.29 is 14.2 Å². The Kier molecular flexibility index (Phi) is 4.68. The van der Waals surface area contributed by atoms with Gasteiger partial charge in [-0.1, -0.05) is 0 Å². The molecule has 1 saturated heterocycles. The average Bonchev–Trinajstić information content (AvgIpc) is 3.00. The van der Waals surface area contributed by atoms with Gasteiger partial charge in [0.05, 0.1) is 31.5 Å². The molecule has 1 aliphatic heterocycles. The largest absolute Gasteiger partial charge is 0.491 e. The van der Waals surface area contributed by atoms with Crippen molar-refractivity contribution in [1.29, 1.82) is 5.26 Å². The molecular weight excluding hydrogens is 300 g/mol. The Bertz CT molecular complexity index is 687. The zero-order chi connectivity index (χ0) is 15.4. The fourth-order valence-corrected chi connectivity index (χ4v) is 2.93. The summed E-state index contributed by atoms with van der Waals surface area (Å²) in [5.74, 6) is 0.649. The zero-order valence-corrected chi connectivity index (χ0v) is 13.1. The van der Waals surface area contributed by atoms with E-state index in [1.54, 1.807) is 17.4 Å². The first kappa shape index (κ1) is 15.0. The van der Waals surface area contributed by atoms with Crippen LogP contribution >= 0.6 is 11.3 Å². The second kappa shape index (κ2) is 6.88. The van der Waals surface area contributed by atoms with E-state index in [1.165, 1.54) is 0 Å². The van der Waals surface area contributed by atoms with E-state index in [0.29, 0.717) is 37.7 Å². The number of aryl methyl sites for hydroxylation is 1. The van der Waals surface area contributed by atoms with Crippen molar-refractivity contribution in [3.8, 4) is 22.4 Å². The molecule has 1 aliphatic rings. The van der Waals surface area contributed by atoms with Crippen molar-refractivity contribution in [3.63, 3.8) is 0 Å². The minimum absolute atomic E-state index is 0.0648. The monoisotopic (exact) mass is 316 g/mol. The molecule has 0 spiro atoms. The van der Waals surface area contributed by atoms with Crippen LogP contribution < -0.4 is 4.74 Å². The van der Waals surface area contributed by atoms with Crippen LogP contribution in [-0.4, -0.2) is 37.5 Å². The quantitative estimate of drug-likeness (QED) is 0.868. The van der Waals surface area contributed by atoms with Crippen molar-refractivity contribution in [1.82, 2.24) is 4.98 Å². The highest BCUT2D eigenvalue weighted by Crippen LogP contribution is 2.29. The van der Waals surface area contributed by atoms with Crippen LogP contribution in [0.5, 0.6) is 5.75 Å². The van der Waals surface area contributed by atoms with Crippen LogP contribution in [0.4, 0.5) is 0 Å². The maximum atomic E-state index is 9.19. The summed E-state index contributed by atoms with van der Waals surface area (Å²) in [6.45, 7) is 4.18. The van der Waals surface area contributed by atoms with Crippen LogP contribution in [-0.2, 0) is 9.47 Å². The predicted molar refractivity (Wildman–Crippen MR) is 83.1 cm³/mol. The molecule has 0 amide bonds. The van der Waals surface area contributed by atoms with E-state index in [9.17, 15) is 5.26 Å². The molecule has 0 saturated carbocycles. The van der Waals surface area contributed by atoms with Crippen molar-refractivity contribution >= 4 is 11.3 Å². The molecule has 3 rings (SSSR count). The lowest BCUT2D eigenvalue weighted by atomic mass is 10.1. The van der Waals surface area contributed by atoms with E-state index in [1.807, 2.05) is 25.3 Å². The van der Waals surface area contributed by atoms with Gasteiger partial charge in [0.25, 0.3) is 0 Å². The number of nitriles is 1. The Balaban J connectivity index is 1.77. The Morgan fingerprint density at radius 2 is 2.32 bits per heavy atom. The van der Waals surface area contributed by atoms with Gasteiger partial charge in [-0.3, -0.25) is 0 Å². The standard InChI is InChI=1S/C16H16N2O3S/c1-11-8-18-16(22-11)13-4-12(7-17)5-14(6-13)21-10-15-9-19-2-3-20-15/h4-6,8,15H,2-3,9-10H2,1H3/t15-/m0/s1. The summed E-state index contributed by atoms with van der Waals surface area (Å²) in [6.07, 6.45) is 1.76. The van der Waals surface area contributed by atoms with E-state index >= 15 is 0 Å². The van der Waals surface area contributed by atoms with Crippen LogP contribution in [0.3, 0.4) is 0 Å². The molecule has 2 aromatic rings. The molecule has 5 nitrogen and oxygen atoms in total. The lowest BCUT2D eigenvalue weighted by Gasteiger charge is -2.23. The van der Waals surface area contributed by atoms with Crippen LogP contribution in [0.15, 0.2) is 24.4 Å². The zero-order valence-electron chi connectivity index (χ0n) is 12.2. The van der Waals surface area contributed by atoms with Gasteiger partial charge in [-0.15, -0.1) is 11.3 Å². The predicted octanol–water partition coefficient (Wildman–Crippen LogP) is 2.78. The van der Waals surface area contributed by atoms with Gasteiger partial charge < -0.3 is 14.2 Å². The van der Waals surface area contributed by atoms with Crippen LogP contribution in [0, 0.1) is 18.3 Å². The molecule has 0 unspecified atom stereocenters. The topological polar surface area (TPSA) is 64.4 Å². The number of hydrogen-bond donors (Lipinski definition) is 0. The Morgan fingerprint density at radius 3 is 3.00 bits per heavy atom. The molecule has 0 N–H and O–H groups in total. The van der Waals surface area contributed by atoms with E-state index in [4.69, 9.17) is 14.2 Å². The Hall–Kier alpha value is -1.94. The first-order chi connectivity index (χ1) is 10.7. The third-order valence-electron chi connectivity index (χ3n) is 3.22. The van der Waals surface area contributed by atoms with Crippen LogP contribution in [0.1, 0.15) is 10.4 Å². The second-order valence-electron chi connectivity index (χ2n) is 5.01. The molecule has 0 bridgehead atoms. The maximum absolute atomic E-state index is 9.19. The molecule has 6 heteroatoms. The minimum atomic E-state index is -0.0648. The summed E-state index contributed by atoms with van der Waals surface area (Å²) in [4.78, 5) is 5.49. The SMILES string of the molecule is Cc1cnc(-c2cc(C#N)cc(OC[C@@H]3COCCO3)c2)s1. The number of aromatic nitrogens is 1. The molecule has 114 valence electrons. The molecule has 1 aromatic carbocycles. The van der Waals surface area contributed by atoms with Gasteiger partial charge in [0, 0.05) is 16.6 Å². The summed E-state index contributed by atoms with van der Waals surface area (Å²) >= 11 is 1.59. The fraction of sp³-hybridized carbons (Fsp3) is 0.375. The van der Waals surface area contributed by atoms with Gasteiger partial charge in [-0.05, 0) is 25.1 Å². The molecule has 0 radical (unpaired) electrons. The summed E-state index contributed by atoms with van der Waals surface area (Å²) in [7, 11) is 0. The van der Waals surface area contributed by atoms with Gasteiger partial charge in [-0.25, -0.2) is 4.98 Å². The molecule has 1 fully saturated rings. The normalized spacial score (nSPS) is 17.9. The molecule has 2 heterocycles. The van der Waals surface area contributed by atoms with Crippen molar-refractivity contribution in [2.45, 2.75) is 13.0 Å². The van der Waals surface area contributed by atoms with Gasteiger partial charge in [0.15, 0.2) is 0 Å². The number of rotatable bonds is 4. The maximum Gasteiger partial charge on any atom is 0.123 e. The smallest absolute Gasteiger partial charge is 0.123 e. The van der Waals surface area contributed by atoms with Gasteiger partial charge in [0.2, 0.25) is 0 Å². The van der Waals surface area contributed by atoms with Crippen molar-refractivity contribution in [2.75, 3.05) is 26.4 Å². The molecule has 22 heavy (non-hydrogen) atoms. The third-order valence-corrected chi connectivity index (χ3v) is 4.19. The number of hydrogen-bond acceptors (Lipinski definition) is 6. The lowest BCUT2D eigenvalue weighted by Crippen LogP contribution is -2.33. The number of nitrogens with zero attached hydrogens (tertiary/aromatic N) is 2. The van der Waals surface area contributed by atoms with Gasteiger partial charge in [-0.2, -0.15) is 5.26 Å². The molecule has 0 aliphatic carbocycles. The van der Waals surface area contributed by atoms with Crippen molar-refractivity contribution in [2.24, 2.45) is 0 Å². The summed E-state index contributed by atoms with van der Waals surface area (Å²) in [5.41, 5.74) is 1.45. The van der Waals surface area contributed by atoms with Crippen molar-refractivity contribution in [3.05, 3.63) is 34.8 Å². The van der Waals surface area contributed by atoms with E-state index in [-0.39, 0.29) is 6.10 Å². The average molecular weight is 316 g/mol. The van der Waals surface area contributed by atoms with Crippen LogP contribution in [0.25, 0.3) is 10.6 Å². The lowest BCUT2D eigenvalue weighted by molar-refractivity contribution is -0.101. The number of benzene rings is 1. The first-order valence-corrected chi connectivity index (χ1v) is 7.86. The van der Waals surface area contributed by atoms with Gasteiger partial charge in [0.1, 0.15) is 23.5 Å². The van der Waals surface area contributed by atoms with E-state index in [2.05, 4.69) is 11.1 Å². The molecular formula is C16H16N2O3S. The summed E-state index contributed by atoms with van der Waals surface area (Å²) in [6, 6.07) is 7.62. The number of ether oxygens (including phenoxy) is 3.